The molecule has 0 unspecified atom stereocenters. The minimum atomic E-state index is -0.280. The summed E-state index contributed by atoms with van der Waals surface area (Å²) in [6.07, 6.45) is 3.33. The fourth-order valence-electron chi connectivity index (χ4n) is 2.72. The average Bonchev–Trinajstić information content (AvgIpc) is 2.89. The van der Waals surface area contributed by atoms with E-state index in [0.717, 1.165) is 17.7 Å². The lowest BCUT2D eigenvalue weighted by Crippen LogP contribution is -2.22. The van der Waals surface area contributed by atoms with Crippen molar-refractivity contribution in [2.24, 2.45) is 5.92 Å². The maximum Gasteiger partial charge on any atom is 0.261 e. The van der Waals surface area contributed by atoms with E-state index in [0.29, 0.717) is 11.5 Å². The zero-order valence-electron chi connectivity index (χ0n) is 12.0. The molecule has 0 saturated carbocycles. The maximum absolute atomic E-state index is 13.5. The third kappa shape index (κ3) is 3.16. The first-order valence-electron chi connectivity index (χ1n) is 7.26. The molecular formula is C17H18FNOS. The monoisotopic (exact) mass is 303 g/mol. The van der Waals surface area contributed by atoms with Gasteiger partial charge in [0.05, 0.1) is 4.88 Å². The van der Waals surface area contributed by atoms with Crippen molar-refractivity contribution < 1.29 is 9.18 Å². The number of fused-ring (bicyclic) bond motifs is 1. The quantitative estimate of drug-likeness (QED) is 0.914. The van der Waals surface area contributed by atoms with Gasteiger partial charge in [0.15, 0.2) is 0 Å². The average molecular weight is 303 g/mol. The van der Waals surface area contributed by atoms with E-state index in [1.54, 1.807) is 29.5 Å². The van der Waals surface area contributed by atoms with E-state index in [1.807, 2.05) is 6.07 Å². The summed E-state index contributed by atoms with van der Waals surface area (Å²) >= 11 is 1.58. The second-order valence-corrected chi connectivity index (χ2v) is 6.82. The van der Waals surface area contributed by atoms with Crippen LogP contribution in [0.1, 0.15) is 39.0 Å². The van der Waals surface area contributed by atoms with Gasteiger partial charge in [-0.1, -0.05) is 25.1 Å². The number of rotatable bonds is 3. The first-order valence-corrected chi connectivity index (χ1v) is 8.08. The van der Waals surface area contributed by atoms with Gasteiger partial charge in [-0.2, -0.15) is 0 Å². The van der Waals surface area contributed by atoms with Crippen molar-refractivity contribution in [3.05, 3.63) is 57.0 Å². The van der Waals surface area contributed by atoms with Crippen LogP contribution in [0.4, 0.5) is 4.39 Å². The van der Waals surface area contributed by atoms with Gasteiger partial charge in [0, 0.05) is 17.0 Å². The number of thiophene rings is 1. The summed E-state index contributed by atoms with van der Waals surface area (Å²) in [5.74, 6) is 0.309. The highest BCUT2D eigenvalue weighted by Crippen LogP contribution is 2.32. The van der Waals surface area contributed by atoms with E-state index in [4.69, 9.17) is 0 Å². The zero-order valence-corrected chi connectivity index (χ0v) is 12.8. The lowest BCUT2D eigenvalue weighted by atomic mass is 9.90. The minimum Gasteiger partial charge on any atom is -0.347 e. The van der Waals surface area contributed by atoms with Crippen LogP contribution in [-0.2, 0) is 19.4 Å². The first-order chi connectivity index (χ1) is 10.1. The molecule has 4 heteroatoms. The molecule has 21 heavy (non-hydrogen) atoms. The number of halogens is 1. The van der Waals surface area contributed by atoms with Crippen molar-refractivity contribution in [2.75, 3.05) is 0 Å². The Labute approximate surface area is 128 Å². The molecule has 1 N–H and O–H groups in total. The second-order valence-electron chi connectivity index (χ2n) is 5.68. The van der Waals surface area contributed by atoms with Gasteiger partial charge in [-0.05, 0) is 42.9 Å². The van der Waals surface area contributed by atoms with Crippen LogP contribution in [0.25, 0.3) is 0 Å². The van der Waals surface area contributed by atoms with Crippen LogP contribution in [0.3, 0.4) is 0 Å². The summed E-state index contributed by atoms with van der Waals surface area (Å²) in [5, 5.41) is 2.81. The van der Waals surface area contributed by atoms with Crippen molar-refractivity contribution in [1.82, 2.24) is 5.32 Å². The lowest BCUT2D eigenvalue weighted by Gasteiger charge is -2.16. The van der Waals surface area contributed by atoms with E-state index in [2.05, 4.69) is 12.2 Å². The lowest BCUT2D eigenvalue weighted by molar-refractivity contribution is 0.0954. The zero-order chi connectivity index (χ0) is 14.8. The standard InChI is InChI=1S/C17H18FNOS/c1-11-6-7-15-13(8-11)9-16(21-15)17(20)19-10-12-4-2-3-5-14(12)18/h2-5,9,11H,6-8,10H2,1H3,(H,19,20)/t11-/m0/s1. The molecule has 1 heterocycles. The van der Waals surface area contributed by atoms with E-state index < -0.39 is 0 Å². The van der Waals surface area contributed by atoms with Crippen molar-refractivity contribution in [3.63, 3.8) is 0 Å². The summed E-state index contributed by atoms with van der Waals surface area (Å²) in [4.78, 5) is 14.3. The Kier molecular flexibility index (Phi) is 4.06. The molecule has 0 bridgehead atoms. The Morgan fingerprint density at radius 1 is 1.43 bits per heavy atom. The van der Waals surface area contributed by atoms with Gasteiger partial charge in [-0.3, -0.25) is 4.79 Å². The highest BCUT2D eigenvalue weighted by Gasteiger charge is 2.20. The van der Waals surface area contributed by atoms with E-state index in [-0.39, 0.29) is 18.3 Å². The third-order valence-corrected chi connectivity index (χ3v) is 5.19. The summed E-state index contributed by atoms with van der Waals surface area (Å²) in [7, 11) is 0. The number of carbonyl (C=O) groups is 1. The third-order valence-electron chi connectivity index (χ3n) is 3.95. The summed E-state index contributed by atoms with van der Waals surface area (Å²) in [6, 6.07) is 8.53. The second kappa shape index (κ2) is 5.98. The Balaban J connectivity index is 1.68. The molecule has 0 radical (unpaired) electrons. The molecule has 2 nitrogen and oxygen atoms in total. The minimum absolute atomic E-state index is 0.106. The van der Waals surface area contributed by atoms with Gasteiger partial charge in [-0.15, -0.1) is 11.3 Å². The first kappa shape index (κ1) is 14.3. The maximum atomic E-state index is 13.5. The normalized spacial score (nSPS) is 17.3. The smallest absolute Gasteiger partial charge is 0.261 e. The van der Waals surface area contributed by atoms with Crippen LogP contribution in [0.2, 0.25) is 0 Å². The molecule has 0 spiro atoms. The molecule has 1 aliphatic rings. The molecule has 0 saturated heterocycles. The highest BCUT2D eigenvalue weighted by atomic mass is 32.1. The van der Waals surface area contributed by atoms with Crippen LogP contribution in [0.15, 0.2) is 30.3 Å². The summed E-state index contributed by atoms with van der Waals surface area (Å²) in [6.45, 7) is 2.48. The number of amides is 1. The topological polar surface area (TPSA) is 29.1 Å². The molecule has 1 aliphatic carbocycles. The van der Waals surface area contributed by atoms with E-state index in [9.17, 15) is 9.18 Å². The van der Waals surface area contributed by atoms with Crippen molar-refractivity contribution >= 4 is 17.2 Å². The van der Waals surface area contributed by atoms with Crippen LogP contribution in [0.5, 0.6) is 0 Å². The van der Waals surface area contributed by atoms with Crippen LogP contribution in [-0.4, -0.2) is 5.91 Å². The van der Waals surface area contributed by atoms with Gasteiger partial charge >= 0.3 is 0 Å². The molecule has 1 aromatic heterocycles. The SMILES string of the molecule is C[C@H]1CCc2sc(C(=O)NCc3ccccc3F)cc2C1. The van der Waals surface area contributed by atoms with Gasteiger partial charge in [0.25, 0.3) is 5.91 Å². The van der Waals surface area contributed by atoms with Crippen LogP contribution in [0, 0.1) is 11.7 Å². The summed E-state index contributed by atoms with van der Waals surface area (Å²) in [5.41, 5.74) is 1.83. The predicted molar refractivity (Wildman–Crippen MR) is 83.1 cm³/mol. The van der Waals surface area contributed by atoms with Crippen molar-refractivity contribution in [3.8, 4) is 0 Å². The number of benzene rings is 1. The highest BCUT2D eigenvalue weighted by molar-refractivity contribution is 7.14. The Morgan fingerprint density at radius 3 is 3.05 bits per heavy atom. The van der Waals surface area contributed by atoms with E-state index >= 15 is 0 Å². The number of hydrogen-bond acceptors (Lipinski definition) is 2. The van der Waals surface area contributed by atoms with Gasteiger partial charge in [0.2, 0.25) is 0 Å². The number of aryl methyl sites for hydroxylation is 1. The van der Waals surface area contributed by atoms with E-state index in [1.165, 1.54) is 22.9 Å². The molecule has 1 amide bonds. The van der Waals surface area contributed by atoms with Gasteiger partial charge < -0.3 is 5.32 Å². The molecule has 0 aliphatic heterocycles. The Morgan fingerprint density at radius 2 is 2.24 bits per heavy atom. The molecule has 1 aromatic carbocycles. The van der Waals surface area contributed by atoms with Crippen LogP contribution >= 0.6 is 11.3 Å². The fourth-order valence-corrected chi connectivity index (χ4v) is 3.85. The number of hydrogen-bond donors (Lipinski definition) is 1. The molecule has 0 fully saturated rings. The summed E-state index contributed by atoms with van der Waals surface area (Å²) < 4.78 is 13.5. The van der Waals surface area contributed by atoms with Crippen molar-refractivity contribution in [1.29, 1.82) is 0 Å². The molecular weight excluding hydrogens is 285 g/mol. The molecule has 110 valence electrons. The Bertz CT molecular complexity index is 665. The van der Waals surface area contributed by atoms with Crippen LogP contribution < -0.4 is 5.32 Å². The van der Waals surface area contributed by atoms with Gasteiger partial charge in [-0.25, -0.2) is 4.39 Å². The molecule has 1 atom stereocenters. The fraction of sp³-hybridized carbons (Fsp3) is 0.353. The predicted octanol–water partition coefficient (Wildman–Crippen LogP) is 3.94. The van der Waals surface area contributed by atoms with Crippen molar-refractivity contribution in [2.45, 2.75) is 32.7 Å². The molecule has 2 aromatic rings. The number of nitrogens with one attached hydrogen (secondary N) is 1. The van der Waals surface area contributed by atoms with Gasteiger partial charge in [0.1, 0.15) is 5.82 Å². The number of carbonyl (C=O) groups excluding carboxylic acids is 1. The Hall–Kier alpha value is -1.68. The molecule has 3 rings (SSSR count). The largest absolute Gasteiger partial charge is 0.347 e.